The number of hydrogen-bond donors (Lipinski definition) is 2. The number of halogens is 1. The minimum atomic E-state index is -0.420. The van der Waals surface area contributed by atoms with E-state index in [1.54, 1.807) is 19.1 Å². The lowest BCUT2D eigenvalue weighted by atomic mass is 9.94. The van der Waals surface area contributed by atoms with Gasteiger partial charge in [0.05, 0.1) is 16.6 Å². The number of fused-ring (bicyclic) bond motifs is 1. The zero-order chi connectivity index (χ0) is 17.1. The van der Waals surface area contributed by atoms with E-state index < -0.39 is 12.0 Å². The minimum absolute atomic E-state index is 0.204. The summed E-state index contributed by atoms with van der Waals surface area (Å²) in [6.07, 6.45) is 0. The molecule has 2 aromatic carbocycles. The Morgan fingerprint density at radius 1 is 1.17 bits per heavy atom. The van der Waals surface area contributed by atoms with Gasteiger partial charge in [0, 0.05) is 18.2 Å². The lowest BCUT2D eigenvalue weighted by Gasteiger charge is -2.22. The standard InChI is InChI=1S/C18H19ClN2O3/c1-11(17(20)12-5-3-2-4-6-12)18(22)21-14-10-16-15(9-13(14)19)23-7-8-24-16/h2-6,9-11,17H,7-8,20H2,1H3,(H,21,22). The first-order chi connectivity index (χ1) is 11.6. The lowest BCUT2D eigenvalue weighted by molar-refractivity contribution is -0.120. The Morgan fingerprint density at radius 2 is 1.79 bits per heavy atom. The summed E-state index contributed by atoms with van der Waals surface area (Å²) in [5.74, 6) is 0.529. The predicted octanol–water partition coefficient (Wildman–Crippen LogP) is 3.39. The molecule has 2 unspecified atom stereocenters. The molecule has 2 aromatic rings. The number of benzene rings is 2. The second-order valence-corrected chi connectivity index (χ2v) is 6.10. The van der Waals surface area contributed by atoms with E-state index in [2.05, 4.69) is 5.32 Å². The van der Waals surface area contributed by atoms with Crippen molar-refractivity contribution in [2.24, 2.45) is 11.7 Å². The maximum atomic E-state index is 12.5. The van der Waals surface area contributed by atoms with Gasteiger partial charge >= 0.3 is 0 Å². The summed E-state index contributed by atoms with van der Waals surface area (Å²) >= 11 is 6.23. The average Bonchev–Trinajstić information content (AvgIpc) is 2.61. The van der Waals surface area contributed by atoms with Gasteiger partial charge in [-0.05, 0) is 5.56 Å². The Hall–Kier alpha value is -2.24. The third-order valence-electron chi connectivity index (χ3n) is 4.03. The normalized spacial score (nSPS) is 15.5. The molecule has 0 spiro atoms. The first kappa shape index (κ1) is 16.6. The van der Waals surface area contributed by atoms with Crippen LogP contribution in [0.15, 0.2) is 42.5 Å². The molecule has 126 valence electrons. The van der Waals surface area contributed by atoms with Crippen LogP contribution < -0.4 is 20.5 Å². The monoisotopic (exact) mass is 346 g/mol. The molecule has 0 saturated carbocycles. The molecule has 0 fully saturated rings. The fourth-order valence-electron chi connectivity index (χ4n) is 2.53. The third-order valence-corrected chi connectivity index (χ3v) is 4.34. The van der Waals surface area contributed by atoms with Crippen LogP contribution >= 0.6 is 11.6 Å². The van der Waals surface area contributed by atoms with Crippen LogP contribution in [-0.4, -0.2) is 19.1 Å². The quantitative estimate of drug-likeness (QED) is 0.890. The summed E-state index contributed by atoms with van der Waals surface area (Å²) in [5.41, 5.74) is 7.60. The maximum absolute atomic E-state index is 12.5. The van der Waals surface area contributed by atoms with Crippen LogP contribution in [-0.2, 0) is 4.79 Å². The number of rotatable bonds is 4. The van der Waals surface area contributed by atoms with Crippen molar-refractivity contribution in [3.05, 3.63) is 53.1 Å². The van der Waals surface area contributed by atoms with Crippen molar-refractivity contribution in [3.8, 4) is 11.5 Å². The van der Waals surface area contributed by atoms with Gasteiger partial charge in [-0.1, -0.05) is 48.9 Å². The summed E-state index contributed by atoms with van der Waals surface area (Å²) in [4.78, 5) is 12.5. The molecule has 5 nitrogen and oxygen atoms in total. The summed E-state index contributed by atoms with van der Waals surface area (Å²) < 4.78 is 11.0. The molecule has 1 heterocycles. The van der Waals surface area contributed by atoms with Gasteiger partial charge in [-0.3, -0.25) is 4.79 Å². The molecule has 6 heteroatoms. The fourth-order valence-corrected chi connectivity index (χ4v) is 2.73. The first-order valence-electron chi connectivity index (χ1n) is 7.77. The van der Waals surface area contributed by atoms with Crippen molar-refractivity contribution < 1.29 is 14.3 Å². The zero-order valence-electron chi connectivity index (χ0n) is 13.3. The van der Waals surface area contributed by atoms with Crippen LogP contribution in [0.3, 0.4) is 0 Å². The molecular weight excluding hydrogens is 328 g/mol. The van der Waals surface area contributed by atoms with Gasteiger partial charge in [0.15, 0.2) is 11.5 Å². The Kier molecular flexibility index (Phi) is 4.92. The summed E-state index contributed by atoms with van der Waals surface area (Å²) in [6, 6.07) is 12.5. The summed E-state index contributed by atoms with van der Waals surface area (Å²) in [6.45, 7) is 2.74. The summed E-state index contributed by atoms with van der Waals surface area (Å²) in [7, 11) is 0. The maximum Gasteiger partial charge on any atom is 0.229 e. The van der Waals surface area contributed by atoms with E-state index in [0.717, 1.165) is 5.56 Å². The minimum Gasteiger partial charge on any atom is -0.486 e. The topological polar surface area (TPSA) is 73.6 Å². The van der Waals surface area contributed by atoms with E-state index in [0.29, 0.717) is 35.4 Å². The highest BCUT2D eigenvalue weighted by Crippen LogP contribution is 2.38. The molecule has 1 aliphatic rings. The van der Waals surface area contributed by atoms with E-state index in [1.165, 1.54) is 0 Å². The fraction of sp³-hybridized carbons (Fsp3) is 0.278. The van der Waals surface area contributed by atoms with Gasteiger partial charge in [-0.15, -0.1) is 0 Å². The average molecular weight is 347 g/mol. The zero-order valence-corrected chi connectivity index (χ0v) is 14.0. The van der Waals surface area contributed by atoms with E-state index in [4.69, 9.17) is 26.8 Å². The smallest absolute Gasteiger partial charge is 0.229 e. The van der Waals surface area contributed by atoms with Crippen LogP contribution in [0.4, 0.5) is 5.69 Å². The van der Waals surface area contributed by atoms with E-state index in [-0.39, 0.29) is 5.91 Å². The lowest BCUT2D eigenvalue weighted by Crippen LogP contribution is -2.30. The highest BCUT2D eigenvalue weighted by Gasteiger charge is 2.24. The van der Waals surface area contributed by atoms with Crippen molar-refractivity contribution in [3.63, 3.8) is 0 Å². The molecule has 24 heavy (non-hydrogen) atoms. The van der Waals surface area contributed by atoms with Crippen LogP contribution in [0.25, 0.3) is 0 Å². The van der Waals surface area contributed by atoms with E-state index in [9.17, 15) is 4.79 Å². The first-order valence-corrected chi connectivity index (χ1v) is 8.14. The molecular formula is C18H19ClN2O3. The highest BCUT2D eigenvalue weighted by atomic mass is 35.5. The molecule has 0 bridgehead atoms. The number of amides is 1. The number of carbonyl (C=O) groups excluding carboxylic acids is 1. The van der Waals surface area contributed by atoms with Crippen LogP contribution in [0.5, 0.6) is 11.5 Å². The molecule has 0 saturated heterocycles. The van der Waals surface area contributed by atoms with Crippen molar-refractivity contribution in [2.75, 3.05) is 18.5 Å². The predicted molar refractivity (Wildman–Crippen MR) is 93.6 cm³/mol. The van der Waals surface area contributed by atoms with Crippen molar-refractivity contribution in [1.82, 2.24) is 0 Å². The van der Waals surface area contributed by atoms with Crippen LogP contribution in [0, 0.1) is 5.92 Å². The number of anilines is 1. The van der Waals surface area contributed by atoms with E-state index >= 15 is 0 Å². The molecule has 3 N–H and O–H groups in total. The Balaban J connectivity index is 1.74. The number of nitrogens with one attached hydrogen (secondary N) is 1. The second-order valence-electron chi connectivity index (χ2n) is 5.69. The Labute approximate surface area is 145 Å². The van der Waals surface area contributed by atoms with Gasteiger partial charge in [0.1, 0.15) is 13.2 Å². The number of nitrogens with two attached hydrogens (primary N) is 1. The molecule has 3 rings (SSSR count). The molecule has 1 aliphatic heterocycles. The molecule has 0 aromatic heterocycles. The third kappa shape index (κ3) is 3.47. The number of carbonyl (C=O) groups is 1. The van der Waals surface area contributed by atoms with Crippen molar-refractivity contribution >= 4 is 23.2 Å². The van der Waals surface area contributed by atoms with Gasteiger partial charge in [-0.25, -0.2) is 0 Å². The van der Waals surface area contributed by atoms with Gasteiger partial charge < -0.3 is 20.5 Å². The Morgan fingerprint density at radius 3 is 2.46 bits per heavy atom. The highest BCUT2D eigenvalue weighted by molar-refractivity contribution is 6.34. The molecule has 0 radical (unpaired) electrons. The molecule has 1 amide bonds. The number of hydrogen-bond acceptors (Lipinski definition) is 4. The largest absolute Gasteiger partial charge is 0.486 e. The van der Waals surface area contributed by atoms with Crippen molar-refractivity contribution in [1.29, 1.82) is 0 Å². The number of ether oxygens (including phenoxy) is 2. The molecule has 2 atom stereocenters. The molecule has 0 aliphatic carbocycles. The van der Waals surface area contributed by atoms with Crippen LogP contribution in [0.1, 0.15) is 18.5 Å². The van der Waals surface area contributed by atoms with Crippen molar-refractivity contribution in [2.45, 2.75) is 13.0 Å². The SMILES string of the molecule is CC(C(=O)Nc1cc2c(cc1Cl)OCCO2)C(N)c1ccccc1. The van der Waals surface area contributed by atoms with Gasteiger partial charge in [0.25, 0.3) is 0 Å². The second kappa shape index (κ2) is 7.11. The van der Waals surface area contributed by atoms with Gasteiger partial charge in [-0.2, -0.15) is 0 Å². The Bertz CT molecular complexity index is 737. The van der Waals surface area contributed by atoms with Crippen LogP contribution in [0.2, 0.25) is 5.02 Å². The summed E-state index contributed by atoms with van der Waals surface area (Å²) in [5, 5.41) is 3.22. The van der Waals surface area contributed by atoms with E-state index in [1.807, 2.05) is 30.3 Å². The van der Waals surface area contributed by atoms with Gasteiger partial charge in [0.2, 0.25) is 5.91 Å².